The number of nitrogens with zero attached hydrogens (tertiary/aromatic N) is 4. The van der Waals surface area contributed by atoms with Crippen LogP contribution in [0.2, 0.25) is 0 Å². The highest BCUT2D eigenvalue weighted by molar-refractivity contribution is 5.76. The predicted molar refractivity (Wildman–Crippen MR) is 230 cm³/mol. The summed E-state index contributed by atoms with van der Waals surface area (Å²) >= 11 is 0. The average molecular weight is 790 g/mol. The molecule has 8 rings (SSSR count). The number of rotatable bonds is 10. The van der Waals surface area contributed by atoms with Gasteiger partial charge in [-0.1, -0.05) is 104 Å². The summed E-state index contributed by atoms with van der Waals surface area (Å²) in [5.41, 5.74) is 11.4. The first kappa shape index (κ1) is 40.2. The van der Waals surface area contributed by atoms with E-state index >= 15 is 8.78 Å². The van der Waals surface area contributed by atoms with Gasteiger partial charge in [0.15, 0.2) is 11.6 Å². The standard InChI is InChI=1S/C26H19FN2O.C25H18FN3O/c1-2-18-7-6-8-20(15-18)26-25(27)23(16-28)24(17-29-26)19-11-13-22(14-12-19)30-21-9-4-3-5-10-21;26-24-22(15-28)23(16-29-25(24)19-6-4-5-17(13-19)14-27)18-9-11-21(12-10-18)30-20-7-2-1-3-8-20/h3-15,17H,2H2,1H3;1-13,16H,14,27H2. The SMILES string of the molecule is CCc1cccc(-c2ncc(-c3ccc(Oc4ccccc4)cc3)c(C#N)c2F)c1.N#Cc1c(-c2ccc(Oc3ccccc3)cc2)cnc(-c2cccc(CN)c2)c1F. The van der Waals surface area contributed by atoms with Gasteiger partial charge < -0.3 is 15.2 Å². The Kier molecular flexibility index (Phi) is 12.7. The van der Waals surface area contributed by atoms with Gasteiger partial charge in [-0.2, -0.15) is 10.5 Å². The molecule has 292 valence electrons. The van der Waals surface area contributed by atoms with Crippen molar-refractivity contribution < 1.29 is 18.3 Å². The van der Waals surface area contributed by atoms with Crippen LogP contribution in [-0.4, -0.2) is 9.97 Å². The smallest absolute Gasteiger partial charge is 0.167 e. The third kappa shape index (κ3) is 9.25. The molecule has 0 bridgehead atoms. The summed E-state index contributed by atoms with van der Waals surface area (Å²) < 4.78 is 41.9. The van der Waals surface area contributed by atoms with Crippen LogP contribution in [-0.2, 0) is 13.0 Å². The van der Waals surface area contributed by atoms with Crippen LogP contribution in [0.15, 0.2) is 170 Å². The topological polar surface area (TPSA) is 118 Å². The van der Waals surface area contributed by atoms with Gasteiger partial charge in [-0.15, -0.1) is 0 Å². The molecule has 0 saturated carbocycles. The zero-order valence-corrected chi connectivity index (χ0v) is 32.5. The number of hydrogen-bond donors (Lipinski definition) is 1. The van der Waals surface area contributed by atoms with Gasteiger partial charge in [0.25, 0.3) is 0 Å². The number of aromatic nitrogens is 2. The number of hydrogen-bond acceptors (Lipinski definition) is 7. The Morgan fingerprint density at radius 1 is 0.500 bits per heavy atom. The fourth-order valence-electron chi connectivity index (χ4n) is 6.47. The number of aryl methyl sites for hydroxylation is 1. The lowest BCUT2D eigenvalue weighted by atomic mass is 9.98. The maximum Gasteiger partial charge on any atom is 0.167 e. The van der Waals surface area contributed by atoms with Gasteiger partial charge in [0.2, 0.25) is 0 Å². The molecule has 2 aromatic heterocycles. The molecular formula is C51H37F2N5O2. The van der Waals surface area contributed by atoms with E-state index in [9.17, 15) is 10.5 Å². The fraction of sp³-hybridized carbons (Fsp3) is 0.0588. The molecule has 0 atom stereocenters. The van der Waals surface area contributed by atoms with E-state index in [1.165, 1.54) is 6.20 Å². The molecule has 0 aliphatic heterocycles. The molecule has 6 aromatic carbocycles. The van der Waals surface area contributed by atoms with E-state index in [1.54, 1.807) is 79.0 Å². The van der Waals surface area contributed by atoms with Gasteiger partial charge in [0.05, 0.1) is 11.1 Å². The van der Waals surface area contributed by atoms with Gasteiger partial charge in [0.1, 0.15) is 46.5 Å². The first-order valence-electron chi connectivity index (χ1n) is 19.1. The van der Waals surface area contributed by atoms with Crippen molar-refractivity contribution in [3.8, 4) is 79.9 Å². The van der Waals surface area contributed by atoms with Crippen molar-refractivity contribution in [2.45, 2.75) is 19.9 Å². The van der Waals surface area contributed by atoms with E-state index in [0.717, 1.165) is 29.0 Å². The van der Waals surface area contributed by atoms with E-state index < -0.39 is 11.6 Å². The normalized spacial score (nSPS) is 10.4. The molecule has 0 aliphatic rings. The van der Waals surface area contributed by atoms with Gasteiger partial charge in [0, 0.05) is 41.2 Å². The van der Waals surface area contributed by atoms with E-state index in [-0.39, 0.29) is 22.5 Å². The number of nitriles is 2. The lowest BCUT2D eigenvalue weighted by Gasteiger charge is -2.11. The molecule has 60 heavy (non-hydrogen) atoms. The van der Waals surface area contributed by atoms with Crippen LogP contribution in [0, 0.1) is 34.3 Å². The minimum absolute atomic E-state index is 0.0152. The molecule has 0 radical (unpaired) electrons. The van der Waals surface area contributed by atoms with Crippen molar-refractivity contribution in [1.82, 2.24) is 9.97 Å². The Balaban J connectivity index is 0.000000181. The largest absolute Gasteiger partial charge is 0.457 e. The van der Waals surface area contributed by atoms with Crippen molar-refractivity contribution in [2.75, 3.05) is 0 Å². The summed E-state index contributed by atoms with van der Waals surface area (Å²) in [4.78, 5) is 8.64. The van der Waals surface area contributed by atoms with Crippen LogP contribution < -0.4 is 15.2 Å². The molecule has 0 amide bonds. The second kappa shape index (κ2) is 19.0. The average Bonchev–Trinajstić information content (AvgIpc) is 3.30. The molecule has 2 N–H and O–H groups in total. The van der Waals surface area contributed by atoms with Crippen molar-refractivity contribution in [3.63, 3.8) is 0 Å². The predicted octanol–water partition coefficient (Wildman–Crippen LogP) is 12.5. The molecule has 0 spiro atoms. The minimum atomic E-state index is -0.645. The third-order valence-corrected chi connectivity index (χ3v) is 9.60. The quantitative estimate of drug-likeness (QED) is 0.147. The molecule has 0 aliphatic carbocycles. The highest BCUT2D eigenvalue weighted by Crippen LogP contribution is 2.34. The maximum atomic E-state index is 15.2. The van der Waals surface area contributed by atoms with Crippen LogP contribution in [0.5, 0.6) is 23.0 Å². The second-order valence-electron chi connectivity index (χ2n) is 13.5. The number of para-hydroxylation sites is 2. The molecule has 0 unspecified atom stereocenters. The molecule has 7 nitrogen and oxygen atoms in total. The number of halogens is 2. The Hall–Kier alpha value is -7.98. The molecular weight excluding hydrogens is 753 g/mol. The van der Waals surface area contributed by atoms with Crippen molar-refractivity contribution in [2.24, 2.45) is 5.73 Å². The van der Waals surface area contributed by atoms with Gasteiger partial charge >= 0.3 is 0 Å². The Labute approximate surface area is 347 Å². The van der Waals surface area contributed by atoms with Crippen LogP contribution >= 0.6 is 0 Å². The second-order valence-corrected chi connectivity index (χ2v) is 13.5. The molecule has 9 heteroatoms. The number of ether oxygens (including phenoxy) is 2. The molecule has 8 aromatic rings. The lowest BCUT2D eigenvalue weighted by Crippen LogP contribution is -1.99. The first-order valence-corrected chi connectivity index (χ1v) is 19.1. The van der Waals surface area contributed by atoms with Gasteiger partial charge in [-0.05, 0) is 89.3 Å². The number of pyridine rings is 2. The van der Waals surface area contributed by atoms with Crippen LogP contribution in [0.1, 0.15) is 29.2 Å². The highest BCUT2D eigenvalue weighted by Gasteiger charge is 2.19. The van der Waals surface area contributed by atoms with Gasteiger partial charge in [-0.25, -0.2) is 8.78 Å². The van der Waals surface area contributed by atoms with E-state index in [2.05, 4.69) is 9.97 Å². The van der Waals surface area contributed by atoms with Gasteiger partial charge in [-0.3, -0.25) is 9.97 Å². The Morgan fingerprint density at radius 2 is 0.900 bits per heavy atom. The number of nitrogens with two attached hydrogens (primary N) is 1. The van der Waals surface area contributed by atoms with Crippen molar-refractivity contribution in [3.05, 3.63) is 204 Å². The minimum Gasteiger partial charge on any atom is -0.457 e. The fourth-order valence-corrected chi connectivity index (χ4v) is 6.47. The van der Waals surface area contributed by atoms with Crippen molar-refractivity contribution >= 4 is 0 Å². The van der Waals surface area contributed by atoms with E-state index in [4.69, 9.17) is 15.2 Å². The summed E-state index contributed by atoms with van der Waals surface area (Å²) in [6.07, 6.45) is 3.93. The Bertz CT molecular complexity index is 2620. The first-order chi connectivity index (χ1) is 29.4. The summed E-state index contributed by atoms with van der Waals surface area (Å²) in [6.45, 7) is 2.38. The molecule has 0 saturated heterocycles. The van der Waals surface area contributed by atoms with Crippen LogP contribution in [0.3, 0.4) is 0 Å². The zero-order valence-electron chi connectivity index (χ0n) is 32.5. The van der Waals surface area contributed by atoms with Crippen LogP contribution in [0.25, 0.3) is 44.8 Å². The van der Waals surface area contributed by atoms with Crippen LogP contribution in [0.4, 0.5) is 8.78 Å². The highest BCUT2D eigenvalue weighted by atomic mass is 19.1. The summed E-state index contributed by atoms with van der Waals surface area (Å²) in [5.74, 6) is 1.51. The van der Waals surface area contributed by atoms with Crippen molar-refractivity contribution in [1.29, 1.82) is 10.5 Å². The van der Waals surface area contributed by atoms with E-state index in [1.807, 2.05) is 104 Å². The molecule has 0 fully saturated rings. The third-order valence-electron chi connectivity index (χ3n) is 9.60. The molecule has 2 heterocycles. The monoisotopic (exact) mass is 789 g/mol. The lowest BCUT2D eigenvalue weighted by molar-refractivity contribution is 0.482. The van der Waals surface area contributed by atoms with E-state index in [0.29, 0.717) is 51.4 Å². The summed E-state index contributed by atoms with van der Waals surface area (Å²) in [5, 5.41) is 19.3. The zero-order chi connectivity index (χ0) is 41.8. The Morgan fingerprint density at radius 3 is 1.30 bits per heavy atom. The number of benzene rings is 6. The summed E-state index contributed by atoms with van der Waals surface area (Å²) in [7, 11) is 0. The summed E-state index contributed by atoms with van der Waals surface area (Å²) in [6, 6.07) is 51.9. The maximum absolute atomic E-state index is 15.2.